The third-order valence-electron chi connectivity index (χ3n) is 10.5. The fourth-order valence-electron chi connectivity index (χ4n) is 6.98. The number of aryl methyl sites for hydroxylation is 3. The largest absolute Gasteiger partial charge is 3.00 e. The minimum absolute atomic E-state index is 0. The molecule has 20 heteroatoms. The fraction of sp³-hybridized carbons (Fsp3) is 0.467. The van der Waals surface area contributed by atoms with E-state index >= 15 is 0 Å². The van der Waals surface area contributed by atoms with Crippen molar-refractivity contribution in [3.05, 3.63) is 108 Å². The summed E-state index contributed by atoms with van der Waals surface area (Å²) >= 11 is 0. The smallest absolute Gasteiger partial charge is 0.549 e. The summed E-state index contributed by atoms with van der Waals surface area (Å²) in [5, 5.41) is 105. The van der Waals surface area contributed by atoms with Crippen LogP contribution in [0.5, 0.6) is 0 Å². The van der Waals surface area contributed by atoms with Crippen molar-refractivity contribution in [3.8, 4) is 0 Å². The molecule has 0 saturated heterocycles. The van der Waals surface area contributed by atoms with Crippen LogP contribution in [0.2, 0.25) is 0 Å². The van der Waals surface area contributed by atoms with Gasteiger partial charge in [-0.15, -0.1) is 0 Å². The monoisotopic (exact) mass is 1050 g/mol. The Morgan fingerprint density at radius 2 is 0.815 bits per heavy atom. The molecule has 19 nitrogen and oxygen atoms in total. The summed E-state index contributed by atoms with van der Waals surface area (Å²) in [5.74, 6) is -7.61. The molecule has 1 radical (unpaired) electrons. The first-order valence-corrected chi connectivity index (χ1v) is 20.7. The van der Waals surface area contributed by atoms with Gasteiger partial charge in [-0.25, -0.2) is 0 Å². The van der Waals surface area contributed by atoms with Crippen LogP contribution >= 0.6 is 0 Å². The number of carboxylic acids is 5. The SMILES string of the molecule is C=[NH+]CC(O)C(O)C(O)C(O)CO.O=C([O-])CN(CCN(CCN(CC(=O)[O-])[C@@H](CCc1ccccc1)C(=O)[O-])[C@@H](CCc1ccccc1)C(=O)[O-])[C@@H](CCc1ccccc1)C(=O)[O-].[Gd+3].[HH]. The molecule has 0 amide bonds. The molecule has 359 valence electrons. The van der Waals surface area contributed by atoms with E-state index in [1.807, 2.05) is 12.1 Å². The number of carbonyl (C=O) groups is 5. The zero-order chi connectivity index (χ0) is 47.6. The minimum atomic E-state index is -1.58. The predicted molar refractivity (Wildman–Crippen MR) is 222 cm³/mol. The van der Waals surface area contributed by atoms with Gasteiger partial charge in [0.25, 0.3) is 0 Å². The Labute approximate surface area is 411 Å². The second-order valence-corrected chi connectivity index (χ2v) is 15.1. The fourth-order valence-corrected chi connectivity index (χ4v) is 6.98. The summed E-state index contributed by atoms with van der Waals surface area (Å²) in [6.07, 6.45) is -4.90. The number of carbonyl (C=O) groups excluding carboxylic acids is 5. The molecule has 3 rings (SSSR count). The Balaban J connectivity index is 0.00000244. The van der Waals surface area contributed by atoms with Crippen LogP contribution in [0.1, 0.15) is 37.4 Å². The first-order chi connectivity index (χ1) is 30.5. The van der Waals surface area contributed by atoms with Crippen LogP contribution in [0.25, 0.3) is 0 Å². The van der Waals surface area contributed by atoms with E-state index in [1.54, 1.807) is 78.9 Å². The van der Waals surface area contributed by atoms with E-state index in [2.05, 4.69) is 11.7 Å². The van der Waals surface area contributed by atoms with Crippen molar-refractivity contribution in [1.82, 2.24) is 14.7 Å². The number of nitrogens with one attached hydrogen (secondary N) is 1. The normalized spacial score (nSPS) is 14.4. The van der Waals surface area contributed by atoms with Gasteiger partial charge < -0.3 is 75.0 Å². The summed E-state index contributed by atoms with van der Waals surface area (Å²) in [7, 11) is 0. The zero-order valence-corrected chi connectivity index (χ0v) is 38.1. The first kappa shape index (κ1) is 58.7. The molecule has 3 aromatic rings. The number of aliphatic hydroxyl groups excluding tert-OH is 5. The van der Waals surface area contributed by atoms with E-state index < -0.39 is 92.1 Å². The van der Waals surface area contributed by atoms with Crippen LogP contribution in [0.4, 0.5) is 0 Å². The Bertz CT molecular complexity index is 1770. The topological polar surface area (TPSA) is 325 Å². The van der Waals surface area contributed by atoms with Crippen molar-refractivity contribution in [2.75, 3.05) is 52.4 Å². The van der Waals surface area contributed by atoms with Crippen molar-refractivity contribution < 1.29 is 121 Å². The van der Waals surface area contributed by atoms with E-state index in [4.69, 9.17) is 20.4 Å². The van der Waals surface area contributed by atoms with Gasteiger partial charge in [0.2, 0.25) is 0 Å². The van der Waals surface area contributed by atoms with Crippen molar-refractivity contribution in [3.63, 3.8) is 0 Å². The van der Waals surface area contributed by atoms with Gasteiger partial charge in [-0.3, -0.25) is 19.7 Å². The predicted octanol–water partition coefficient (Wildman–Crippen LogP) is -7.90. The maximum absolute atomic E-state index is 12.6. The number of carboxylic acid groups (broad SMARTS) is 5. The van der Waals surface area contributed by atoms with Crippen molar-refractivity contribution >= 4 is 36.6 Å². The van der Waals surface area contributed by atoms with Crippen LogP contribution in [0.15, 0.2) is 91.0 Å². The Morgan fingerprint density at radius 1 is 0.523 bits per heavy atom. The van der Waals surface area contributed by atoms with Crippen molar-refractivity contribution in [2.45, 2.75) is 81.1 Å². The summed E-state index contributed by atoms with van der Waals surface area (Å²) in [5.41, 5.74) is 2.47. The molecule has 0 fully saturated rings. The third kappa shape index (κ3) is 22.6. The summed E-state index contributed by atoms with van der Waals surface area (Å²) in [6, 6.07) is 22.9. The Hall–Kier alpha value is -4.32. The maximum atomic E-state index is 12.6. The summed E-state index contributed by atoms with van der Waals surface area (Å²) in [4.78, 5) is 66.8. The van der Waals surface area contributed by atoms with Gasteiger partial charge in [0.05, 0.1) is 48.5 Å². The number of hydrogen-bond donors (Lipinski definition) is 6. The molecule has 0 spiro atoms. The quantitative estimate of drug-likeness (QED) is 0.0326. The van der Waals surface area contributed by atoms with E-state index in [1.165, 1.54) is 4.90 Å². The second kappa shape index (κ2) is 32.4. The molecular formula is C45H60GdN4O15-. The summed E-state index contributed by atoms with van der Waals surface area (Å²) < 4.78 is 0. The average Bonchev–Trinajstić information content (AvgIpc) is 3.26. The van der Waals surface area contributed by atoms with Crippen LogP contribution in [0.3, 0.4) is 0 Å². The number of nitrogens with zero attached hydrogens (tertiary/aromatic N) is 3. The molecule has 0 aromatic heterocycles. The molecule has 0 aliphatic carbocycles. The van der Waals surface area contributed by atoms with Gasteiger partial charge >= 0.3 is 39.9 Å². The summed E-state index contributed by atoms with van der Waals surface area (Å²) in [6.45, 7) is 0.0389. The van der Waals surface area contributed by atoms with Crippen LogP contribution in [-0.4, -0.2) is 172 Å². The number of rotatable bonds is 31. The molecule has 4 unspecified atom stereocenters. The standard InChI is InChI=1S/C38H47N3O10.C7H15NO5.Gd.H2/c42-34(43)26-40(32(37(48)49)20-17-29-12-6-2-7-13-29)24-22-39(31(36(46)47)19-16-28-10-4-1-5-11-28)23-25-41(27-35(44)45)33(38(50)51)21-18-30-14-8-3-9-15-30;1-8-2-4(10)6(12)7(13)5(11)3-9;;/h1-15,31-33H,16-27H2,(H,42,43)(H,44,45)(H,46,47)(H,48,49)(H,50,51);4-7,9-13H,1-3H2;;1H/q;;+3;/p-4/t31-,32-,33-;;;/m0.../s1. The van der Waals surface area contributed by atoms with Crippen LogP contribution in [0, 0.1) is 39.9 Å². The van der Waals surface area contributed by atoms with Gasteiger partial charge in [0.15, 0.2) is 6.54 Å². The maximum Gasteiger partial charge on any atom is 3.00 e. The van der Waals surface area contributed by atoms with E-state index in [-0.39, 0.29) is 106 Å². The molecule has 7 atom stereocenters. The molecule has 0 aliphatic rings. The number of hydrogen-bond acceptors (Lipinski definition) is 18. The zero-order valence-electron chi connectivity index (χ0n) is 35.8. The minimum Gasteiger partial charge on any atom is -0.549 e. The third-order valence-corrected chi connectivity index (χ3v) is 10.5. The number of aliphatic hydroxyl groups is 5. The van der Waals surface area contributed by atoms with Crippen molar-refractivity contribution in [2.24, 2.45) is 0 Å². The molecule has 0 saturated carbocycles. The molecule has 3 aromatic carbocycles. The van der Waals surface area contributed by atoms with E-state index in [9.17, 15) is 54.6 Å². The second-order valence-electron chi connectivity index (χ2n) is 15.1. The first-order valence-electron chi connectivity index (χ1n) is 20.7. The molecule has 65 heavy (non-hydrogen) atoms. The average molecular weight is 1050 g/mol. The number of benzene rings is 3. The Morgan fingerprint density at radius 3 is 1.09 bits per heavy atom. The number of aliphatic carboxylic acids is 5. The van der Waals surface area contributed by atoms with Gasteiger partial charge in [0.1, 0.15) is 31.1 Å². The molecule has 6 N–H and O–H groups in total. The van der Waals surface area contributed by atoms with Gasteiger partial charge in [-0.2, -0.15) is 0 Å². The van der Waals surface area contributed by atoms with Crippen molar-refractivity contribution in [1.29, 1.82) is 0 Å². The van der Waals surface area contributed by atoms with Gasteiger partial charge in [0, 0.05) is 46.7 Å². The van der Waals surface area contributed by atoms with Crippen LogP contribution in [-0.2, 0) is 43.2 Å². The van der Waals surface area contributed by atoms with E-state index in [0.717, 1.165) is 26.5 Å². The van der Waals surface area contributed by atoms with E-state index in [0.29, 0.717) is 6.42 Å². The van der Waals surface area contributed by atoms with Crippen LogP contribution < -0.4 is 30.5 Å². The molecular weight excluding hydrogens is 994 g/mol. The molecule has 0 heterocycles. The van der Waals surface area contributed by atoms with Gasteiger partial charge in [-0.05, 0) is 55.2 Å². The molecule has 0 aliphatic heterocycles. The molecule has 0 bridgehead atoms. The Kier molecular flexibility index (Phi) is 29.2. The van der Waals surface area contributed by atoms with Gasteiger partial charge in [-0.1, -0.05) is 91.0 Å².